The molecule has 0 spiro atoms. The van der Waals surface area contributed by atoms with E-state index in [0.717, 1.165) is 12.8 Å². The second kappa shape index (κ2) is 22.0. The first-order chi connectivity index (χ1) is 8.61. The molecule has 0 unspecified atom stereocenters. The predicted octanol–water partition coefficient (Wildman–Crippen LogP) is 5.80. The molecule has 0 amide bonds. The average Bonchev–Trinajstić information content (AvgIpc) is 3.06. The number of hydrogen-bond acceptors (Lipinski definition) is 0. The first-order valence-electron chi connectivity index (χ1n) is 6.51. The number of hydrogen-bond donors (Lipinski definition) is 0. The van der Waals surface area contributed by atoms with Crippen LogP contribution in [0.4, 0.5) is 0 Å². The van der Waals surface area contributed by atoms with Crippen molar-refractivity contribution in [2.24, 2.45) is 11.8 Å². The Morgan fingerprint density at radius 1 is 0.818 bits per heavy atom. The van der Waals surface area contributed by atoms with E-state index in [1.54, 1.807) is 23.3 Å². The molecular weight excluding hydrogens is 495 g/mol. The molecule has 0 nitrogen and oxygen atoms in total. The van der Waals surface area contributed by atoms with Gasteiger partial charge in [0, 0.05) is 0 Å². The Morgan fingerprint density at radius 2 is 1.09 bits per heavy atom. The molecule has 4 heteroatoms. The van der Waals surface area contributed by atoms with Crippen molar-refractivity contribution >= 4 is 40.8 Å². The van der Waals surface area contributed by atoms with Gasteiger partial charge < -0.3 is 14.9 Å². The quantitative estimate of drug-likeness (QED) is 0.315. The van der Waals surface area contributed by atoms with Gasteiger partial charge in [-0.3, -0.25) is 12.2 Å². The molecule has 2 aliphatic carbocycles. The molecule has 0 fully saturated rings. The molecular formula is C18H32Br2SiZr-4. The Kier molecular flexibility index (Phi) is 34.4. The Balaban J connectivity index is -0.0000000676. The van der Waals surface area contributed by atoms with E-state index in [4.69, 9.17) is 0 Å². The standard InChI is InChI=1S/2C8H11.2CH3.2BrH.H2Si.Zr/c2*1-7(2)8-5-3-4-6-8;;;;;;/h2*3,5,7H,4H2,1-2H3;2*1H3;2*1H;1H2;/q4*-1;;;;. The minimum absolute atomic E-state index is 0. The number of allylic oxidation sites excluding steroid dienone is 8. The van der Waals surface area contributed by atoms with Crippen LogP contribution in [0.2, 0.25) is 0 Å². The van der Waals surface area contributed by atoms with Crippen LogP contribution in [0.3, 0.4) is 0 Å². The Labute approximate surface area is 177 Å². The summed E-state index contributed by atoms with van der Waals surface area (Å²) < 4.78 is 0. The fourth-order valence-electron chi connectivity index (χ4n) is 1.64. The molecule has 0 aromatic heterocycles. The van der Waals surface area contributed by atoms with Crippen molar-refractivity contribution in [3.8, 4) is 0 Å². The summed E-state index contributed by atoms with van der Waals surface area (Å²) in [4.78, 5) is 0. The topological polar surface area (TPSA) is 0 Å². The third-order valence-electron chi connectivity index (χ3n) is 2.69. The molecule has 22 heavy (non-hydrogen) atoms. The molecule has 2 aliphatic rings. The normalized spacial score (nSPS) is 13.0. The zero-order chi connectivity index (χ0) is 14.0. The number of rotatable bonds is 2. The molecule has 0 saturated heterocycles. The third kappa shape index (κ3) is 15.9. The van der Waals surface area contributed by atoms with E-state index in [-0.39, 0.29) is 48.8 Å². The van der Waals surface area contributed by atoms with E-state index in [1.807, 2.05) is 6.88 Å². The summed E-state index contributed by atoms with van der Waals surface area (Å²) in [5.41, 5.74) is 2.73. The van der Waals surface area contributed by atoms with E-state index in [9.17, 15) is 0 Å². The SMILES string of the molecule is Br.Br.CC(C)C1=[C-]CC=C1.CC(C)C1=[C-]CC=C1.[CH3-].[CH3-].[SiH2]=[Zr]. The van der Waals surface area contributed by atoms with Crippen molar-refractivity contribution < 1.29 is 23.3 Å². The Hall–Kier alpha value is 1.02. The van der Waals surface area contributed by atoms with Gasteiger partial charge in [-0.2, -0.15) is 12.2 Å². The Bertz CT molecular complexity index is 322. The van der Waals surface area contributed by atoms with Gasteiger partial charge in [0.05, 0.1) is 0 Å². The van der Waals surface area contributed by atoms with Gasteiger partial charge in [-0.25, -0.2) is 23.3 Å². The summed E-state index contributed by atoms with van der Waals surface area (Å²) >= 11 is 1.58. The molecule has 0 N–H and O–H groups in total. The van der Waals surface area contributed by atoms with Gasteiger partial charge in [0.25, 0.3) is 0 Å². The van der Waals surface area contributed by atoms with Gasteiger partial charge >= 0.3 is 30.2 Å². The van der Waals surface area contributed by atoms with E-state index in [2.05, 4.69) is 64.2 Å². The summed E-state index contributed by atoms with van der Waals surface area (Å²) in [5.74, 6) is 1.32. The first kappa shape index (κ1) is 34.4. The molecule has 0 heterocycles. The fraction of sp³-hybridized carbons (Fsp3) is 0.444. The van der Waals surface area contributed by atoms with Crippen molar-refractivity contribution in [3.63, 3.8) is 0 Å². The molecule has 0 atom stereocenters. The maximum atomic E-state index is 3.26. The van der Waals surface area contributed by atoms with Gasteiger partial charge in [0.1, 0.15) is 0 Å². The fourth-order valence-corrected chi connectivity index (χ4v) is 1.64. The zero-order valence-corrected chi connectivity index (χ0v) is 22.2. The summed E-state index contributed by atoms with van der Waals surface area (Å²) in [5, 5.41) is 0. The minimum atomic E-state index is 0. The molecule has 0 aliphatic heterocycles. The van der Waals surface area contributed by atoms with Crippen LogP contribution in [0.25, 0.3) is 0 Å². The van der Waals surface area contributed by atoms with Crippen LogP contribution in [-0.4, -0.2) is 6.88 Å². The average molecular weight is 528 g/mol. The van der Waals surface area contributed by atoms with Crippen molar-refractivity contribution in [1.29, 1.82) is 0 Å². The van der Waals surface area contributed by atoms with Crippen LogP contribution >= 0.6 is 34.0 Å². The molecule has 0 bridgehead atoms. The van der Waals surface area contributed by atoms with Crippen molar-refractivity contribution in [2.45, 2.75) is 40.5 Å². The summed E-state index contributed by atoms with van der Waals surface area (Å²) in [6.07, 6.45) is 17.2. The third-order valence-corrected chi connectivity index (χ3v) is 2.69. The van der Waals surface area contributed by atoms with Gasteiger partial charge in [0.2, 0.25) is 0 Å². The second-order valence-corrected chi connectivity index (χ2v) is 4.79. The number of halogens is 2. The van der Waals surface area contributed by atoms with E-state index < -0.39 is 0 Å². The molecule has 0 aromatic carbocycles. The van der Waals surface area contributed by atoms with Crippen LogP contribution in [0.15, 0.2) is 35.5 Å². The monoisotopic (exact) mass is 524 g/mol. The van der Waals surface area contributed by atoms with Crippen LogP contribution in [0.1, 0.15) is 40.5 Å². The van der Waals surface area contributed by atoms with Gasteiger partial charge in [-0.15, -0.1) is 46.8 Å². The van der Waals surface area contributed by atoms with E-state index >= 15 is 0 Å². The van der Waals surface area contributed by atoms with Crippen LogP contribution in [0.5, 0.6) is 0 Å². The second-order valence-electron chi connectivity index (χ2n) is 4.79. The molecule has 0 saturated carbocycles. The molecule has 2 rings (SSSR count). The van der Waals surface area contributed by atoms with E-state index in [1.165, 1.54) is 11.1 Å². The summed E-state index contributed by atoms with van der Waals surface area (Å²) in [6, 6.07) is 0. The van der Waals surface area contributed by atoms with Crippen molar-refractivity contribution in [1.82, 2.24) is 0 Å². The van der Waals surface area contributed by atoms with Gasteiger partial charge in [0.15, 0.2) is 0 Å². The maximum absolute atomic E-state index is 3.26. The van der Waals surface area contributed by atoms with Crippen molar-refractivity contribution in [2.75, 3.05) is 0 Å². The van der Waals surface area contributed by atoms with E-state index in [0.29, 0.717) is 11.8 Å². The molecule has 130 valence electrons. The predicted molar refractivity (Wildman–Crippen MR) is 113 cm³/mol. The molecule has 0 aromatic rings. The Morgan fingerprint density at radius 3 is 1.18 bits per heavy atom. The first-order valence-corrected chi connectivity index (χ1v) is 12.4. The van der Waals surface area contributed by atoms with Crippen molar-refractivity contribution in [3.05, 3.63) is 62.5 Å². The summed E-state index contributed by atoms with van der Waals surface area (Å²) in [7, 11) is 0. The summed E-state index contributed by atoms with van der Waals surface area (Å²) in [6.45, 7) is 10.7. The molecule has 0 radical (unpaired) electrons. The van der Waals surface area contributed by atoms with Crippen LogP contribution in [-0.2, 0) is 23.3 Å². The van der Waals surface area contributed by atoms with Gasteiger partial charge in [-0.1, -0.05) is 39.5 Å². The van der Waals surface area contributed by atoms with Crippen LogP contribution in [0, 0.1) is 38.8 Å². The zero-order valence-electron chi connectivity index (χ0n) is 14.9. The van der Waals surface area contributed by atoms with Crippen LogP contribution < -0.4 is 0 Å². The van der Waals surface area contributed by atoms with Gasteiger partial charge in [-0.05, 0) is 0 Å².